The average molecular weight is 233 g/mol. The number of carbonyl (C=O) groups excluding carboxylic acids is 1. The highest BCUT2D eigenvalue weighted by atomic mass is 16.1. The number of hydrogen-bond acceptors (Lipinski definition) is 1. The first-order chi connectivity index (χ1) is 8.90. The number of nitrogens with zero attached hydrogens (tertiary/aromatic N) is 1. The van der Waals surface area contributed by atoms with Gasteiger partial charge in [-0.15, -0.1) is 0 Å². The van der Waals surface area contributed by atoms with E-state index in [-0.39, 0.29) is 0 Å². The van der Waals surface area contributed by atoms with Gasteiger partial charge in [-0.05, 0) is 18.1 Å². The van der Waals surface area contributed by atoms with Gasteiger partial charge in [-0.25, -0.2) is 0 Å². The van der Waals surface area contributed by atoms with Gasteiger partial charge in [-0.1, -0.05) is 36.4 Å². The minimum Gasteiger partial charge on any atom is -0.315 e. The number of aldehydes is 1. The highest BCUT2D eigenvalue weighted by molar-refractivity contribution is 6.06. The molecule has 0 unspecified atom stereocenters. The van der Waals surface area contributed by atoms with Crippen molar-refractivity contribution in [2.75, 3.05) is 0 Å². The quantitative estimate of drug-likeness (QED) is 0.592. The predicted molar refractivity (Wildman–Crippen MR) is 72.8 cm³/mol. The summed E-state index contributed by atoms with van der Waals surface area (Å²) in [6.45, 7) is 0. The van der Waals surface area contributed by atoms with Gasteiger partial charge in [-0.2, -0.15) is 0 Å². The molecule has 2 heterocycles. The number of aromatic nitrogens is 1. The predicted octanol–water partition coefficient (Wildman–Crippen LogP) is 2.52. The Hall–Kier alpha value is -2.35. The van der Waals surface area contributed by atoms with Gasteiger partial charge in [0.15, 0.2) is 6.29 Å². The molecule has 3 aromatic rings. The second kappa shape index (κ2) is 3.33. The molecule has 0 fully saturated rings. The van der Waals surface area contributed by atoms with Crippen molar-refractivity contribution < 1.29 is 4.79 Å². The molecule has 1 aliphatic carbocycles. The van der Waals surface area contributed by atoms with Crippen molar-refractivity contribution >= 4 is 28.7 Å². The van der Waals surface area contributed by atoms with Crippen molar-refractivity contribution in [2.24, 2.45) is 0 Å². The van der Waals surface area contributed by atoms with Crippen molar-refractivity contribution in [3.63, 3.8) is 0 Å². The number of rotatable bonds is 1. The maximum absolute atomic E-state index is 11.4. The lowest BCUT2D eigenvalue weighted by Crippen LogP contribution is -2.14. The summed E-state index contributed by atoms with van der Waals surface area (Å²) in [7, 11) is 0. The van der Waals surface area contributed by atoms with Crippen molar-refractivity contribution in [3.05, 3.63) is 59.1 Å². The molecule has 18 heavy (non-hydrogen) atoms. The van der Waals surface area contributed by atoms with Crippen LogP contribution in [0.25, 0.3) is 22.4 Å². The van der Waals surface area contributed by atoms with Gasteiger partial charge in [0.25, 0.3) is 0 Å². The van der Waals surface area contributed by atoms with Crippen LogP contribution in [0.2, 0.25) is 0 Å². The van der Waals surface area contributed by atoms with E-state index in [9.17, 15) is 4.79 Å². The third-order valence-electron chi connectivity index (χ3n) is 3.70. The Bertz CT molecular complexity index is 868. The highest BCUT2D eigenvalue weighted by Crippen LogP contribution is 2.26. The van der Waals surface area contributed by atoms with Gasteiger partial charge >= 0.3 is 0 Å². The molecule has 0 amide bonds. The maximum Gasteiger partial charge on any atom is 0.152 e. The SMILES string of the molecule is O=Cc1c2c(n3cc4ccccc4c13)=CC=CC2. The Labute approximate surface area is 104 Å². The molecule has 2 heteroatoms. The third kappa shape index (κ3) is 1.05. The van der Waals surface area contributed by atoms with E-state index in [1.807, 2.05) is 12.1 Å². The molecular weight excluding hydrogens is 222 g/mol. The van der Waals surface area contributed by atoms with E-state index in [2.05, 4.69) is 41.0 Å². The zero-order chi connectivity index (χ0) is 12.1. The van der Waals surface area contributed by atoms with E-state index in [1.54, 1.807) is 0 Å². The standard InChI is InChI=1S/C16H11NO/c18-10-14-13-7-3-4-8-15(13)17-9-11-5-1-2-6-12(11)16(14)17/h1-6,8-10H,7H2. The van der Waals surface area contributed by atoms with Crippen LogP contribution >= 0.6 is 0 Å². The number of allylic oxidation sites excluding steroid dienone is 2. The molecular formula is C16H11NO. The van der Waals surface area contributed by atoms with Crippen LogP contribution in [0.4, 0.5) is 0 Å². The average Bonchev–Trinajstić information content (AvgIpc) is 2.93. The molecule has 0 saturated heterocycles. The van der Waals surface area contributed by atoms with E-state index in [0.29, 0.717) is 0 Å². The lowest BCUT2D eigenvalue weighted by Gasteiger charge is -1.98. The Morgan fingerprint density at radius 3 is 3.00 bits per heavy atom. The van der Waals surface area contributed by atoms with Gasteiger partial charge in [0.2, 0.25) is 0 Å². The summed E-state index contributed by atoms with van der Waals surface area (Å²) in [6, 6.07) is 8.21. The molecule has 2 nitrogen and oxygen atoms in total. The largest absolute Gasteiger partial charge is 0.315 e. The minimum atomic E-state index is 0.840. The fourth-order valence-corrected chi connectivity index (χ4v) is 2.92. The van der Waals surface area contributed by atoms with Gasteiger partial charge in [0.1, 0.15) is 0 Å². The van der Waals surface area contributed by atoms with Crippen LogP contribution in [-0.4, -0.2) is 10.7 Å². The lowest BCUT2D eigenvalue weighted by molar-refractivity contribution is 0.112. The number of carbonyl (C=O) groups is 1. The normalized spacial score (nSPS) is 13.8. The summed E-state index contributed by atoms with van der Waals surface area (Å²) in [5.41, 5.74) is 3.03. The summed E-state index contributed by atoms with van der Waals surface area (Å²) in [5, 5.41) is 3.48. The van der Waals surface area contributed by atoms with Crippen molar-refractivity contribution in [2.45, 2.75) is 6.42 Å². The second-order valence-corrected chi connectivity index (χ2v) is 4.63. The summed E-state index contributed by atoms with van der Waals surface area (Å²) >= 11 is 0. The fourth-order valence-electron chi connectivity index (χ4n) is 2.92. The van der Waals surface area contributed by atoms with Gasteiger partial charge in [0, 0.05) is 27.9 Å². The third-order valence-corrected chi connectivity index (χ3v) is 3.70. The molecule has 1 aromatic carbocycles. The monoisotopic (exact) mass is 233 g/mol. The van der Waals surface area contributed by atoms with Crippen LogP contribution in [0.1, 0.15) is 15.9 Å². The fraction of sp³-hybridized carbons (Fsp3) is 0.0625. The smallest absolute Gasteiger partial charge is 0.152 e. The molecule has 2 aromatic heterocycles. The molecule has 0 radical (unpaired) electrons. The zero-order valence-corrected chi connectivity index (χ0v) is 9.76. The molecule has 4 rings (SSSR count). The zero-order valence-electron chi connectivity index (χ0n) is 9.76. The van der Waals surface area contributed by atoms with Crippen LogP contribution in [0.15, 0.2) is 42.6 Å². The molecule has 1 aliphatic rings. The van der Waals surface area contributed by atoms with Gasteiger partial charge in [-0.3, -0.25) is 4.79 Å². The van der Waals surface area contributed by atoms with E-state index < -0.39 is 0 Å². The van der Waals surface area contributed by atoms with Crippen LogP contribution < -0.4 is 5.35 Å². The number of benzene rings is 1. The molecule has 0 aliphatic heterocycles. The molecule has 86 valence electrons. The van der Waals surface area contributed by atoms with Gasteiger partial charge in [0.05, 0.1) is 5.52 Å². The van der Waals surface area contributed by atoms with Crippen molar-refractivity contribution in [3.8, 4) is 0 Å². The van der Waals surface area contributed by atoms with Crippen molar-refractivity contribution in [1.82, 2.24) is 4.40 Å². The Kier molecular flexibility index (Phi) is 1.78. The maximum atomic E-state index is 11.4. The first-order valence-corrected chi connectivity index (χ1v) is 6.06. The van der Waals surface area contributed by atoms with Crippen LogP contribution in [0.3, 0.4) is 0 Å². The minimum absolute atomic E-state index is 0.840. The Balaban J connectivity index is 2.34. The Morgan fingerprint density at radius 2 is 2.11 bits per heavy atom. The Morgan fingerprint density at radius 1 is 1.22 bits per heavy atom. The summed E-state index contributed by atoms with van der Waals surface area (Å²) < 4.78 is 2.15. The van der Waals surface area contributed by atoms with Crippen molar-refractivity contribution in [1.29, 1.82) is 0 Å². The van der Waals surface area contributed by atoms with Crippen LogP contribution in [0.5, 0.6) is 0 Å². The summed E-state index contributed by atoms with van der Waals surface area (Å²) in [6.07, 6.45) is 10.2. The van der Waals surface area contributed by atoms with Crippen LogP contribution in [0, 0.1) is 0 Å². The summed E-state index contributed by atoms with van der Waals surface area (Å²) in [4.78, 5) is 11.4. The first kappa shape index (κ1) is 9.66. The molecule has 0 bridgehead atoms. The van der Waals surface area contributed by atoms with E-state index in [0.717, 1.165) is 40.1 Å². The van der Waals surface area contributed by atoms with Crippen LogP contribution in [-0.2, 0) is 6.42 Å². The highest BCUT2D eigenvalue weighted by Gasteiger charge is 2.17. The van der Waals surface area contributed by atoms with E-state index in [1.165, 1.54) is 5.39 Å². The first-order valence-electron chi connectivity index (χ1n) is 6.06. The van der Waals surface area contributed by atoms with Gasteiger partial charge < -0.3 is 4.40 Å². The molecule has 0 saturated carbocycles. The second-order valence-electron chi connectivity index (χ2n) is 4.63. The number of hydrogen-bond donors (Lipinski definition) is 0. The van der Waals surface area contributed by atoms with E-state index >= 15 is 0 Å². The topological polar surface area (TPSA) is 21.5 Å². The molecule has 0 spiro atoms. The lowest BCUT2D eigenvalue weighted by atomic mass is 10.0. The molecule has 0 atom stereocenters. The summed E-state index contributed by atoms with van der Waals surface area (Å²) in [5.74, 6) is 0. The molecule has 0 N–H and O–H groups in total. The number of fused-ring (bicyclic) bond motifs is 5. The van der Waals surface area contributed by atoms with E-state index in [4.69, 9.17) is 0 Å².